The lowest BCUT2D eigenvalue weighted by Gasteiger charge is -2.30. The molecule has 0 atom stereocenters. The van der Waals surface area contributed by atoms with E-state index >= 15 is 0 Å². The van der Waals surface area contributed by atoms with Crippen LogP contribution in [0.25, 0.3) is 0 Å². The molecule has 1 heterocycles. The van der Waals surface area contributed by atoms with Crippen LogP contribution in [0, 0.1) is 0 Å². The molecule has 6 nitrogen and oxygen atoms in total. The Balaban J connectivity index is 1.99. The van der Waals surface area contributed by atoms with E-state index in [9.17, 15) is 4.79 Å². The van der Waals surface area contributed by atoms with Crippen LogP contribution >= 0.6 is 15.9 Å². The molecule has 0 unspecified atom stereocenters. The molecule has 1 saturated heterocycles. The summed E-state index contributed by atoms with van der Waals surface area (Å²) in [6.45, 7) is 0.970. The Morgan fingerprint density at radius 1 is 1.40 bits per heavy atom. The van der Waals surface area contributed by atoms with Gasteiger partial charge in [-0.3, -0.25) is 0 Å². The van der Waals surface area contributed by atoms with Crippen LogP contribution in [0.5, 0.6) is 5.75 Å². The van der Waals surface area contributed by atoms with Crippen LogP contribution in [-0.2, 0) is 0 Å². The van der Waals surface area contributed by atoms with Gasteiger partial charge in [0.05, 0.1) is 6.21 Å². The smallest absolute Gasteiger partial charge is 0.407 e. The molecule has 0 spiro atoms. The number of carbonyl (C=O) groups is 1. The highest BCUT2D eigenvalue weighted by atomic mass is 79.9. The zero-order valence-corrected chi connectivity index (χ0v) is 12.3. The number of likely N-dealkylation sites (tertiary alicyclic amines) is 1. The lowest BCUT2D eigenvalue weighted by molar-refractivity contribution is 0.0894. The lowest BCUT2D eigenvalue weighted by atomic mass is 10.1. The minimum atomic E-state index is -0.882. The number of piperidine rings is 1. The fourth-order valence-electron chi connectivity index (χ4n) is 2.15. The van der Waals surface area contributed by atoms with Crippen molar-refractivity contribution in [2.75, 3.05) is 13.1 Å². The zero-order chi connectivity index (χ0) is 14.5. The van der Waals surface area contributed by atoms with Gasteiger partial charge in [0.15, 0.2) is 0 Å². The number of amides is 1. The molecule has 1 aliphatic heterocycles. The van der Waals surface area contributed by atoms with E-state index in [4.69, 9.17) is 15.1 Å². The van der Waals surface area contributed by atoms with Crippen LogP contribution in [0.1, 0.15) is 18.4 Å². The number of halogens is 1. The van der Waals surface area contributed by atoms with E-state index in [1.807, 2.05) is 6.07 Å². The first-order valence-corrected chi connectivity index (χ1v) is 7.00. The second kappa shape index (κ2) is 6.60. The number of hydrogen-bond donors (Lipinski definition) is 2. The summed E-state index contributed by atoms with van der Waals surface area (Å²) in [5.41, 5.74) is 0.722. The predicted octanol–water partition coefficient (Wildman–Crippen LogP) is 2.78. The first kappa shape index (κ1) is 14.6. The fourth-order valence-corrected chi connectivity index (χ4v) is 2.64. The van der Waals surface area contributed by atoms with Crippen molar-refractivity contribution in [1.29, 1.82) is 0 Å². The Hall–Kier alpha value is -1.76. The maximum absolute atomic E-state index is 10.8. The van der Waals surface area contributed by atoms with E-state index in [1.54, 1.807) is 12.1 Å². The molecule has 1 amide bonds. The third kappa shape index (κ3) is 3.86. The lowest BCUT2D eigenvalue weighted by Crippen LogP contribution is -2.41. The molecule has 0 aromatic heterocycles. The van der Waals surface area contributed by atoms with Crippen molar-refractivity contribution >= 4 is 28.2 Å². The summed E-state index contributed by atoms with van der Waals surface area (Å²) in [5.74, 6) is 0.669. The third-order valence-electron chi connectivity index (χ3n) is 3.12. The van der Waals surface area contributed by atoms with Crippen LogP contribution in [-0.4, -0.2) is 46.7 Å². The van der Waals surface area contributed by atoms with Gasteiger partial charge < -0.3 is 20.0 Å². The number of benzene rings is 1. The molecule has 0 radical (unpaired) electrons. The van der Waals surface area contributed by atoms with Gasteiger partial charge in [-0.2, -0.15) is 0 Å². The van der Waals surface area contributed by atoms with Gasteiger partial charge in [-0.25, -0.2) is 4.79 Å². The van der Waals surface area contributed by atoms with Gasteiger partial charge in [0.1, 0.15) is 11.9 Å². The number of nitrogens with zero attached hydrogens (tertiary/aromatic N) is 2. The quantitative estimate of drug-likeness (QED) is 0.502. The summed E-state index contributed by atoms with van der Waals surface area (Å²) < 4.78 is 6.69. The van der Waals surface area contributed by atoms with E-state index < -0.39 is 6.09 Å². The monoisotopic (exact) mass is 342 g/mol. The number of carboxylic acid groups (broad SMARTS) is 1. The largest absolute Gasteiger partial charge is 0.490 e. The van der Waals surface area contributed by atoms with Crippen LogP contribution in [0.4, 0.5) is 4.79 Å². The first-order chi connectivity index (χ1) is 9.58. The van der Waals surface area contributed by atoms with E-state index in [2.05, 4.69) is 21.1 Å². The van der Waals surface area contributed by atoms with Crippen molar-refractivity contribution in [3.05, 3.63) is 28.2 Å². The second-order valence-corrected chi connectivity index (χ2v) is 5.47. The maximum atomic E-state index is 10.8. The van der Waals surface area contributed by atoms with Crippen molar-refractivity contribution in [2.24, 2.45) is 5.16 Å². The molecule has 2 N–H and O–H groups in total. The maximum Gasteiger partial charge on any atom is 0.407 e. The fraction of sp³-hybridized carbons (Fsp3) is 0.385. The normalized spacial score (nSPS) is 16.6. The topological polar surface area (TPSA) is 82.4 Å². The Morgan fingerprint density at radius 2 is 2.10 bits per heavy atom. The highest BCUT2D eigenvalue weighted by Gasteiger charge is 2.23. The van der Waals surface area contributed by atoms with Gasteiger partial charge in [0.25, 0.3) is 0 Å². The number of oxime groups is 1. The van der Waals surface area contributed by atoms with Crippen molar-refractivity contribution in [2.45, 2.75) is 18.9 Å². The minimum Gasteiger partial charge on any atom is -0.490 e. The SMILES string of the molecule is O=C(O)N1CCC(Oc2cc(Br)cc(/C=N/O)c2)CC1. The Labute approximate surface area is 124 Å². The molecule has 1 fully saturated rings. The standard InChI is InChI=1S/C13H15BrN2O4/c14-10-5-9(8-15-19)6-12(7-10)20-11-1-3-16(4-2-11)13(17)18/h5-8,11,19H,1-4H2,(H,17,18)/b15-8+. The first-order valence-electron chi connectivity index (χ1n) is 6.21. The summed E-state index contributed by atoms with van der Waals surface area (Å²) in [6.07, 6.45) is 1.78. The van der Waals surface area contributed by atoms with Crippen LogP contribution in [0.2, 0.25) is 0 Å². The molecular formula is C13H15BrN2O4. The number of ether oxygens (including phenoxy) is 1. The summed E-state index contributed by atoms with van der Waals surface area (Å²) >= 11 is 3.37. The molecule has 20 heavy (non-hydrogen) atoms. The molecule has 0 aliphatic carbocycles. The molecule has 1 aromatic carbocycles. The van der Waals surface area contributed by atoms with Crippen LogP contribution < -0.4 is 4.74 Å². The zero-order valence-electron chi connectivity index (χ0n) is 10.7. The van der Waals surface area contributed by atoms with Crippen molar-refractivity contribution in [1.82, 2.24) is 4.90 Å². The molecule has 7 heteroatoms. The van der Waals surface area contributed by atoms with Crippen molar-refractivity contribution < 1.29 is 19.8 Å². The molecule has 1 aliphatic rings. The molecule has 2 rings (SSSR count). The Kier molecular flexibility index (Phi) is 4.84. The van der Waals surface area contributed by atoms with Crippen LogP contribution in [0.3, 0.4) is 0 Å². The van der Waals surface area contributed by atoms with Gasteiger partial charge >= 0.3 is 6.09 Å². The summed E-state index contributed by atoms with van der Waals surface area (Å²) in [7, 11) is 0. The van der Waals surface area contributed by atoms with Crippen molar-refractivity contribution in [3.8, 4) is 5.75 Å². The van der Waals surface area contributed by atoms with Gasteiger partial charge in [0, 0.05) is 36.0 Å². The third-order valence-corrected chi connectivity index (χ3v) is 3.57. The average Bonchev–Trinajstić information content (AvgIpc) is 2.39. The van der Waals surface area contributed by atoms with Gasteiger partial charge in [-0.15, -0.1) is 0 Å². The van der Waals surface area contributed by atoms with Crippen molar-refractivity contribution in [3.63, 3.8) is 0 Å². The van der Waals surface area contributed by atoms with Gasteiger partial charge in [-0.05, 0) is 18.2 Å². The summed E-state index contributed by atoms with van der Waals surface area (Å²) in [5, 5.41) is 20.4. The summed E-state index contributed by atoms with van der Waals surface area (Å²) in [4.78, 5) is 12.2. The summed E-state index contributed by atoms with van der Waals surface area (Å²) in [6, 6.07) is 5.41. The predicted molar refractivity (Wildman–Crippen MR) is 76.8 cm³/mol. The van der Waals surface area contributed by atoms with Gasteiger partial charge in [0.2, 0.25) is 0 Å². The molecule has 108 valence electrons. The van der Waals surface area contributed by atoms with E-state index in [0.29, 0.717) is 31.7 Å². The van der Waals surface area contributed by atoms with E-state index in [1.165, 1.54) is 11.1 Å². The number of hydrogen-bond acceptors (Lipinski definition) is 4. The second-order valence-electron chi connectivity index (χ2n) is 4.55. The highest BCUT2D eigenvalue weighted by molar-refractivity contribution is 9.10. The molecule has 0 bridgehead atoms. The van der Waals surface area contributed by atoms with Crippen LogP contribution in [0.15, 0.2) is 27.8 Å². The van der Waals surface area contributed by atoms with E-state index in [-0.39, 0.29) is 6.10 Å². The highest BCUT2D eigenvalue weighted by Crippen LogP contribution is 2.24. The molecular weight excluding hydrogens is 328 g/mol. The molecule has 1 aromatic rings. The number of rotatable bonds is 3. The van der Waals surface area contributed by atoms with E-state index in [0.717, 1.165) is 10.0 Å². The Morgan fingerprint density at radius 3 is 2.70 bits per heavy atom. The minimum absolute atomic E-state index is 0.00110. The average molecular weight is 343 g/mol. The van der Waals surface area contributed by atoms with Gasteiger partial charge in [-0.1, -0.05) is 21.1 Å². The Bertz CT molecular complexity index is 513. The molecule has 0 saturated carbocycles.